The van der Waals surface area contributed by atoms with Crippen LogP contribution in [0.25, 0.3) is 6.08 Å². The summed E-state index contributed by atoms with van der Waals surface area (Å²) in [6.45, 7) is 0.516. The number of non-ortho nitro benzene ring substituents is 1. The lowest BCUT2D eigenvalue weighted by Gasteiger charge is -2.25. The average molecular weight is 373 g/mol. The monoisotopic (exact) mass is 373 g/mol. The van der Waals surface area contributed by atoms with Gasteiger partial charge in [-0.3, -0.25) is 25.3 Å². The van der Waals surface area contributed by atoms with Crippen molar-refractivity contribution < 1.29 is 9.72 Å². The molecule has 0 radical (unpaired) electrons. The third-order valence-electron chi connectivity index (χ3n) is 4.03. The Bertz CT molecular complexity index is 955. The number of benzene rings is 3. The van der Waals surface area contributed by atoms with Crippen molar-refractivity contribution in [2.24, 2.45) is 0 Å². The molecule has 3 rings (SSSR count). The number of nitrogens with one attached hydrogen (secondary N) is 1. The van der Waals surface area contributed by atoms with Crippen LogP contribution < -0.4 is 10.4 Å². The van der Waals surface area contributed by atoms with Crippen molar-refractivity contribution in [2.75, 3.05) is 5.01 Å². The van der Waals surface area contributed by atoms with Gasteiger partial charge in [-0.2, -0.15) is 0 Å². The van der Waals surface area contributed by atoms with Crippen LogP contribution >= 0.6 is 0 Å². The van der Waals surface area contributed by atoms with E-state index in [-0.39, 0.29) is 11.6 Å². The molecular formula is C22H19N3O3. The minimum Gasteiger partial charge on any atom is -0.281 e. The highest BCUT2D eigenvalue weighted by Gasteiger charge is 2.09. The van der Waals surface area contributed by atoms with E-state index in [1.807, 2.05) is 60.7 Å². The van der Waals surface area contributed by atoms with Gasteiger partial charge in [-0.05, 0) is 41.5 Å². The summed E-state index contributed by atoms with van der Waals surface area (Å²) >= 11 is 0. The third kappa shape index (κ3) is 5.28. The molecule has 0 unspecified atom stereocenters. The number of anilines is 1. The Hall–Kier alpha value is -3.93. The van der Waals surface area contributed by atoms with Crippen LogP contribution in [-0.4, -0.2) is 10.8 Å². The second-order valence-electron chi connectivity index (χ2n) is 6.07. The fourth-order valence-corrected chi connectivity index (χ4v) is 2.62. The molecule has 1 N–H and O–H groups in total. The number of nitro benzene ring substituents is 1. The van der Waals surface area contributed by atoms with E-state index in [4.69, 9.17) is 0 Å². The maximum atomic E-state index is 12.4. The molecule has 140 valence electrons. The van der Waals surface area contributed by atoms with Crippen LogP contribution in [0.3, 0.4) is 0 Å². The lowest BCUT2D eigenvalue weighted by atomic mass is 10.2. The molecule has 0 saturated heterocycles. The lowest BCUT2D eigenvalue weighted by Crippen LogP contribution is -2.41. The van der Waals surface area contributed by atoms with E-state index in [0.717, 1.165) is 11.3 Å². The summed E-state index contributed by atoms with van der Waals surface area (Å²) in [7, 11) is 0. The number of para-hydroxylation sites is 1. The summed E-state index contributed by atoms with van der Waals surface area (Å²) in [5.41, 5.74) is 5.52. The number of amides is 1. The van der Waals surface area contributed by atoms with E-state index in [2.05, 4.69) is 5.43 Å². The Labute approximate surface area is 162 Å². The summed E-state index contributed by atoms with van der Waals surface area (Å²) < 4.78 is 0. The zero-order valence-corrected chi connectivity index (χ0v) is 15.1. The SMILES string of the molecule is O=C(/C=C/c1ccc([N+](=O)[O-])cc1)NN(Cc1ccccc1)c1ccccc1. The summed E-state index contributed by atoms with van der Waals surface area (Å²) in [5, 5.41) is 12.5. The van der Waals surface area contributed by atoms with Gasteiger partial charge in [0.1, 0.15) is 0 Å². The first kappa shape index (κ1) is 18.8. The number of nitrogens with zero attached hydrogens (tertiary/aromatic N) is 2. The maximum absolute atomic E-state index is 12.4. The molecule has 0 heterocycles. The summed E-state index contributed by atoms with van der Waals surface area (Å²) in [4.78, 5) is 22.7. The molecule has 0 aliphatic rings. The Morgan fingerprint density at radius 2 is 1.54 bits per heavy atom. The second-order valence-corrected chi connectivity index (χ2v) is 6.07. The molecule has 0 aliphatic carbocycles. The Kier molecular flexibility index (Phi) is 6.15. The van der Waals surface area contributed by atoms with Crippen LogP contribution in [0.1, 0.15) is 11.1 Å². The van der Waals surface area contributed by atoms with E-state index >= 15 is 0 Å². The Morgan fingerprint density at radius 3 is 2.14 bits per heavy atom. The van der Waals surface area contributed by atoms with Crippen molar-refractivity contribution in [3.05, 3.63) is 112 Å². The Morgan fingerprint density at radius 1 is 0.929 bits per heavy atom. The molecule has 0 atom stereocenters. The number of hydrazine groups is 1. The van der Waals surface area contributed by atoms with Crippen LogP contribution in [0, 0.1) is 10.1 Å². The largest absolute Gasteiger partial charge is 0.281 e. The second kappa shape index (κ2) is 9.14. The zero-order valence-electron chi connectivity index (χ0n) is 15.1. The van der Waals surface area contributed by atoms with Gasteiger partial charge in [-0.25, -0.2) is 0 Å². The van der Waals surface area contributed by atoms with Gasteiger partial charge in [-0.15, -0.1) is 0 Å². The summed E-state index contributed by atoms with van der Waals surface area (Å²) in [6.07, 6.45) is 3.02. The molecule has 0 bridgehead atoms. The van der Waals surface area contributed by atoms with E-state index in [0.29, 0.717) is 12.1 Å². The summed E-state index contributed by atoms with van der Waals surface area (Å²) in [5.74, 6) is -0.293. The quantitative estimate of drug-likeness (QED) is 0.380. The number of hydrogen-bond acceptors (Lipinski definition) is 4. The molecule has 0 aliphatic heterocycles. The third-order valence-corrected chi connectivity index (χ3v) is 4.03. The van der Waals surface area contributed by atoms with E-state index in [9.17, 15) is 14.9 Å². The van der Waals surface area contributed by atoms with Crippen LogP contribution in [0.5, 0.6) is 0 Å². The highest BCUT2D eigenvalue weighted by atomic mass is 16.6. The molecule has 0 fully saturated rings. The molecule has 0 aromatic heterocycles. The van der Waals surface area contributed by atoms with Gasteiger partial charge in [0.15, 0.2) is 0 Å². The number of hydrogen-bond donors (Lipinski definition) is 1. The van der Waals surface area contributed by atoms with Crippen molar-refractivity contribution in [1.29, 1.82) is 0 Å². The topological polar surface area (TPSA) is 75.5 Å². The van der Waals surface area contributed by atoms with E-state index in [1.165, 1.54) is 18.2 Å². The smallest absolute Gasteiger partial charge is 0.269 e. The van der Waals surface area contributed by atoms with Gasteiger partial charge >= 0.3 is 0 Å². The van der Waals surface area contributed by atoms with Gasteiger partial charge in [0.05, 0.1) is 17.2 Å². The predicted molar refractivity (Wildman–Crippen MR) is 109 cm³/mol. The minimum atomic E-state index is -0.457. The molecule has 3 aromatic rings. The molecule has 0 spiro atoms. The van der Waals surface area contributed by atoms with Gasteiger partial charge in [0.25, 0.3) is 11.6 Å². The van der Waals surface area contributed by atoms with Crippen molar-refractivity contribution in [1.82, 2.24) is 5.43 Å². The van der Waals surface area contributed by atoms with Crippen molar-refractivity contribution >= 4 is 23.4 Å². The molecule has 28 heavy (non-hydrogen) atoms. The van der Waals surface area contributed by atoms with Crippen molar-refractivity contribution in [2.45, 2.75) is 6.54 Å². The van der Waals surface area contributed by atoms with Crippen molar-refractivity contribution in [3.8, 4) is 0 Å². The number of rotatable bonds is 7. The number of carbonyl (C=O) groups is 1. The molecule has 3 aromatic carbocycles. The summed E-state index contributed by atoms with van der Waals surface area (Å²) in [6, 6.07) is 25.4. The first-order chi connectivity index (χ1) is 13.6. The highest BCUT2D eigenvalue weighted by molar-refractivity contribution is 5.92. The standard InChI is InChI=1S/C22H19N3O3/c26-22(16-13-18-11-14-21(15-12-18)25(27)28)23-24(20-9-5-2-6-10-20)17-19-7-3-1-4-8-19/h1-16H,17H2,(H,23,26)/b16-13+. The normalized spacial score (nSPS) is 10.6. The number of nitro groups is 1. The van der Waals surface area contributed by atoms with E-state index in [1.54, 1.807) is 23.2 Å². The molecule has 6 nitrogen and oxygen atoms in total. The fourth-order valence-electron chi connectivity index (χ4n) is 2.62. The molecule has 1 amide bonds. The number of carbonyl (C=O) groups excluding carboxylic acids is 1. The van der Waals surface area contributed by atoms with Crippen molar-refractivity contribution in [3.63, 3.8) is 0 Å². The van der Waals surface area contributed by atoms with Crippen LogP contribution in [-0.2, 0) is 11.3 Å². The zero-order chi connectivity index (χ0) is 19.8. The van der Waals surface area contributed by atoms with Crippen LogP contribution in [0.4, 0.5) is 11.4 Å². The van der Waals surface area contributed by atoms with E-state index < -0.39 is 4.92 Å². The lowest BCUT2D eigenvalue weighted by molar-refractivity contribution is -0.384. The predicted octanol–water partition coefficient (Wildman–Crippen LogP) is 4.35. The minimum absolute atomic E-state index is 0.0136. The first-order valence-corrected chi connectivity index (χ1v) is 8.71. The average Bonchev–Trinajstić information content (AvgIpc) is 2.73. The van der Waals surface area contributed by atoms with Gasteiger partial charge in [0.2, 0.25) is 0 Å². The van der Waals surface area contributed by atoms with Gasteiger partial charge in [0, 0.05) is 18.2 Å². The highest BCUT2D eigenvalue weighted by Crippen LogP contribution is 2.15. The van der Waals surface area contributed by atoms with Crippen LogP contribution in [0.2, 0.25) is 0 Å². The van der Waals surface area contributed by atoms with Gasteiger partial charge in [-0.1, -0.05) is 48.5 Å². The van der Waals surface area contributed by atoms with Gasteiger partial charge < -0.3 is 0 Å². The fraction of sp³-hybridized carbons (Fsp3) is 0.0455. The molecule has 0 saturated carbocycles. The van der Waals surface area contributed by atoms with Crippen LogP contribution in [0.15, 0.2) is 91.0 Å². The maximum Gasteiger partial charge on any atom is 0.269 e. The molecule has 6 heteroatoms. The molecular weight excluding hydrogens is 354 g/mol. The first-order valence-electron chi connectivity index (χ1n) is 8.71. The Balaban J connectivity index is 1.71.